The lowest BCUT2D eigenvalue weighted by molar-refractivity contribution is 0.0836. The van der Waals surface area contributed by atoms with Crippen molar-refractivity contribution in [2.75, 3.05) is 27.2 Å². The normalized spacial score (nSPS) is 15.7. The number of nitrogens with zero attached hydrogens (tertiary/aromatic N) is 2. The van der Waals surface area contributed by atoms with E-state index in [9.17, 15) is 0 Å². The molecule has 0 aromatic heterocycles. The molecule has 0 bridgehead atoms. The van der Waals surface area contributed by atoms with E-state index in [1.807, 2.05) is 20.9 Å². The van der Waals surface area contributed by atoms with Crippen molar-refractivity contribution in [3.05, 3.63) is 0 Å². The molecule has 2 unspecified atom stereocenters. The zero-order valence-electron chi connectivity index (χ0n) is 8.37. The highest BCUT2D eigenvalue weighted by Crippen LogP contribution is 1.98. The number of rotatable bonds is 5. The van der Waals surface area contributed by atoms with E-state index >= 15 is 0 Å². The van der Waals surface area contributed by atoms with Gasteiger partial charge in [-0.05, 0) is 20.9 Å². The average Bonchev–Trinajstić information content (AvgIpc) is 2.03. The molecule has 0 aliphatic rings. The molecule has 0 aromatic carbocycles. The predicted octanol–water partition coefficient (Wildman–Crippen LogP) is 1.11. The molecule has 0 saturated carbocycles. The summed E-state index contributed by atoms with van der Waals surface area (Å²) >= 11 is 0. The molecule has 0 fully saturated rings. The largest absolute Gasteiger partial charge is 0.380 e. The molecule has 0 amide bonds. The first-order chi connectivity index (χ1) is 5.60. The van der Waals surface area contributed by atoms with Crippen LogP contribution in [0.4, 0.5) is 0 Å². The van der Waals surface area contributed by atoms with Gasteiger partial charge in [-0.25, -0.2) is 0 Å². The van der Waals surface area contributed by atoms with Gasteiger partial charge in [0.1, 0.15) is 0 Å². The monoisotopic (exact) mass is 170 g/mol. The Morgan fingerprint density at radius 3 is 2.42 bits per heavy atom. The van der Waals surface area contributed by atoms with Crippen LogP contribution < -0.4 is 0 Å². The summed E-state index contributed by atoms with van der Waals surface area (Å²) in [7, 11) is 3.70. The minimum absolute atomic E-state index is 0.0963. The molecular formula is C9H18N2O. The van der Waals surface area contributed by atoms with Gasteiger partial charge in [0.15, 0.2) is 0 Å². The number of hydrogen-bond donors (Lipinski definition) is 0. The van der Waals surface area contributed by atoms with Crippen LogP contribution in [0.2, 0.25) is 0 Å². The zero-order valence-corrected chi connectivity index (χ0v) is 8.37. The van der Waals surface area contributed by atoms with Crippen LogP contribution in [0.3, 0.4) is 0 Å². The smallest absolute Gasteiger partial charge is 0.0670 e. The Bertz CT molecular complexity index is 153. The number of ether oxygens (including phenoxy) is 1. The van der Waals surface area contributed by atoms with Gasteiger partial charge in [-0.15, -0.1) is 0 Å². The van der Waals surface area contributed by atoms with E-state index in [0.717, 1.165) is 13.1 Å². The van der Waals surface area contributed by atoms with Crippen molar-refractivity contribution < 1.29 is 4.74 Å². The van der Waals surface area contributed by atoms with Crippen LogP contribution in [0, 0.1) is 17.2 Å². The maximum atomic E-state index is 8.57. The molecule has 0 spiro atoms. The predicted molar refractivity (Wildman–Crippen MR) is 48.7 cm³/mol. The molecule has 12 heavy (non-hydrogen) atoms. The first-order valence-corrected chi connectivity index (χ1v) is 4.21. The van der Waals surface area contributed by atoms with Crippen LogP contribution in [0.25, 0.3) is 0 Å². The fourth-order valence-electron chi connectivity index (χ4n) is 1.10. The Balaban J connectivity index is 3.60. The van der Waals surface area contributed by atoms with Crippen LogP contribution in [-0.4, -0.2) is 38.3 Å². The summed E-state index contributed by atoms with van der Waals surface area (Å²) in [6.45, 7) is 5.63. The van der Waals surface area contributed by atoms with Gasteiger partial charge in [-0.1, -0.05) is 0 Å². The highest BCUT2D eigenvalue weighted by Gasteiger charge is 2.08. The third-order valence-electron chi connectivity index (χ3n) is 1.78. The summed E-state index contributed by atoms with van der Waals surface area (Å²) < 4.78 is 5.11. The van der Waals surface area contributed by atoms with Gasteiger partial charge in [-0.3, -0.25) is 0 Å². The number of methoxy groups -OCH3 is 1. The van der Waals surface area contributed by atoms with Crippen molar-refractivity contribution in [2.45, 2.75) is 20.0 Å². The molecule has 2 atom stereocenters. The van der Waals surface area contributed by atoms with E-state index < -0.39 is 0 Å². The fourth-order valence-corrected chi connectivity index (χ4v) is 1.10. The van der Waals surface area contributed by atoms with Gasteiger partial charge in [0.2, 0.25) is 0 Å². The van der Waals surface area contributed by atoms with Crippen LogP contribution in [0.15, 0.2) is 0 Å². The Morgan fingerprint density at radius 2 is 2.00 bits per heavy atom. The summed E-state index contributed by atoms with van der Waals surface area (Å²) in [5.41, 5.74) is 0. The molecule has 3 heteroatoms. The van der Waals surface area contributed by atoms with E-state index in [2.05, 4.69) is 11.0 Å². The molecular weight excluding hydrogens is 152 g/mol. The second-order valence-electron chi connectivity index (χ2n) is 3.30. The van der Waals surface area contributed by atoms with Crippen molar-refractivity contribution in [3.8, 4) is 6.07 Å². The molecule has 0 rings (SSSR count). The lowest BCUT2D eigenvalue weighted by Gasteiger charge is -2.20. The van der Waals surface area contributed by atoms with Crippen molar-refractivity contribution in [1.82, 2.24) is 4.90 Å². The van der Waals surface area contributed by atoms with Crippen LogP contribution >= 0.6 is 0 Å². The standard InChI is InChI=1S/C9H18N2O/c1-8(5-10)6-11(3)7-9(2)12-4/h8-9H,6-7H2,1-4H3. The summed E-state index contributed by atoms with van der Waals surface area (Å²) in [4.78, 5) is 2.11. The molecule has 70 valence electrons. The van der Waals surface area contributed by atoms with E-state index in [-0.39, 0.29) is 12.0 Å². The Labute approximate surface area is 74.9 Å². The fraction of sp³-hybridized carbons (Fsp3) is 0.889. The number of nitriles is 1. The number of hydrogen-bond acceptors (Lipinski definition) is 3. The Morgan fingerprint density at radius 1 is 1.42 bits per heavy atom. The van der Waals surface area contributed by atoms with Crippen molar-refractivity contribution in [1.29, 1.82) is 5.26 Å². The molecule has 0 heterocycles. The first kappa shape index (κ1) is 11.4. The minimum atomic E-state index is 0.0963. The SMILES string of the molecule is COC(C)CN(C)CC(C)C#N. The summed E-state index contributed by atoms with van der Waals surface area (Å²) in [5.74, 6) is 0.0963. The van der Waals surface area contributed by atoms with Gasteiger partial charge in [0.25, 0.3) is 0 Å². The van der Waals surface area contributed by atoms with Gasteiger partial charge in [0, 0.05) is 20.2 Å². The second kappa shape index (κ2) is 5.99. The average molecular weight is 170 g/mol. The molecule has 0 radical (unpaired) electrons. The molecule has 0 saturated heterocycles. The quantitative estimate of drug-likeness (QED) is 0.620. The number of likely N-dealkylation sites (N-methyl/N-ethyl adjacent to an activating group) is 1. The third kappa shape index (κ3) is 5.11. The Kier molecular flexibility index (Phi) is 5.69. The van der Waals surface area contributed by atoms with Crippen molar-refractivity contribution >= 4 is 0 Å². The van der Waals surface area contributed by atoms with Gasteiger partial charge in [0.05, 0.1) is 18.1 Å². The van der Waals surface area contributed by atoms with E-state index in [1.54, 1.807) is 7.11 Å². The van der Waals surface area contributed by atoms with Gasteiger partial charge < -0.3 is 9.64 Å². The van der Waals surface area contributed by atoms with Crippen LogP contribution in [0.5, 0.6) is 0 Å². The topological polar surface area (TPSA) is 36.3 Å². The highest BCUT2D eigenvalue weighted by atomic mass is 16.5. The summed E-state index contributed by atoms with van der Waals surface area (Å²) in [6.07, 6.45) is 0.237. The van der Waals surface area contributed by atoms with Crippen molar-refractivity contribution in [2.24, 2.45) is 5.92 Å². The maximum absolute atomic E-state index is 8.57. The van der Waals surface area contributed by atoms with E-state index in [1.165, 1.54) is 0 Å². The van der Waals surface area contributed by atoms with Crippen LogP contribution in [0.1, 0.15) is 13.8 Å². The molecule has 0 aliphatic carbocycles. The first-order valence-electron chi connectivity index (χ1n) is 4.21. The molecule has 0 aliphatic heterocycles. The maximum Gasteiger partial charge on any atom is 0.0670 e. The zero-order chi connectivity index (χ0) is 9.56. The Hall–Kier alpha value is -0.590. The minimum Gasteiger partial charge on any atom is -0.380 e. The molecule has 0 N–H and O–H groups in total. The summed E-state index contributed by atoms with van der Waals surface area (Å²) in [6, 6.07) is 2.20. The third-order valence-corrected chi connectivity index (χ3v) is 1.78. The molecule has 3 nitrogen and oxygen atoms in total. The van der Waals surface area contributed by atoms with Gasteiger partial charge >= 0.3 is 0 Å². The highest BCUT2D eigenvalue weighted by molar-refractivity contribution is 4.80. The van der Waals surface area contributed by atoms with Crippen molar-refractivity contribution in [3.63, 3.8) is 0 Å². The lowest BCUT2D eigenvalue weighted by Crippen LogP contribution is -2.31. The second-order valence-corrected chi connectivity index (χ2v) is 3.30. The molecule has 0 aromatic rings. The lowest BCUT2D eigenvalue weighted by atomic mass is 10.2. The van der Waals surface area contributed by atoms with Crippen LogP contribution in [-0.2, 0) is 4.74 Å². The van der Waals surface area contributed by atoms with Gasteiger partial charge in [-0.2, -0.15) is 5.26 Å². The van der Waals surface area contributed by atoms with E-state index in [0.29, 0.717) is 0 Å². The van der Waals surface area contributed by atoms with E-state index in [4.69, 9.17) is 10.00 Å². The summed E-state index contributed by atoms with van der Waals surface area (Å²) in [5, 5.41) is 8.57.